The third kappa shape index (κ3) is 5.94. The second kappa shape index (κ2) is 10.1. The van der Waals surface area contributed by atoms with E-state index in [1.165, 1.54) is 52.5 Å². The van der Waals surface area contributed by atoms with Gasteiger partial charge in [0.25, 0.3) is 10.0 Å². The van der Waals surface area contributed by atoms with E-state index in [-0.39, 0.29) is 21.4 Å². The van der Waals surface area contributed by atoms with E-state index in [4.69, 9.17) is 39.9 Å². The zero-order valence-electron chi connectivity index (χ0n) is 14.8. The van der Waals surface area contributed by atoms with Gasteiger partial charge in [-0.15, -0.1) is 0 Å². The molecule has 2 rings (SSSR count). The molecule has 0 unspecified atom stereocenters. The number of hydrogen-bond acceptors (Lipinski definition) is 4. The summed E-state index contributed by atoms with van der Waals surface area (Å²) in [7, 11) is -3.96. The average Bonchev–Trinajstić information content (AvgIpc) is 2.62. The van der Waals surface area contributed by atoms with Crippen LogP contribution in [-0.2, 0) is 14.8 Å². The molecule has 10 heteroatoms. The molecule has 0 bridgehead atoms. The van der Waals surface area contributed by atoms with Crippen LogP contribution in [0.5, 0.6) is 0 Å². The number of carboxylic acid groups (broad SMARTS) is 1. The van der Waals surface area contributed by atoms with Crippen LogP contribution in [0.2, 0.25) is 15.1 Å². The molecule has 0 aliphatic carbocycles. The zero-order chi connectivity index (χ0) is 20.9. The summed E-state index contributed by atoms with van der Waals surface area (Å²) < 4.78 is 28.0. The van der Waals surface area contributed by atoms with E-state index in [2.05, 4.69) is 0 Å². The number of hydrogen-bond donors (Lipinski definition) is 1. The minimum absolute atomic E-state index is 0.0470. The standard InChI is InChI=1S/C18H18Cl3NO4S2/c1-12(8-9-27-11-18(23)24)22(17-10-14(20)4-7-16(17)21)28(25,26)15-5-2-13(19)3-6-15/h2-7,10,12H,8-9,11H2,1H3,(H,23,24)/t12-/m1/s1. The van der Waals surface area contributed by atoms with Crippen molar-refractivity contribution in [2.75, 3.05) is 15.8 Å². The van der Waals surface area contributed by atoms with Crippen molar-refractivity contribution in [3.8, 4) is 0 Å². The Balaban J connectivity index is 2.42. The molecule has 0 heterocycles. The fourth-order valence-electron chi connectivity index (χ4n) is 2.51. The molecule has 2 aromatic rings. The van der Waals surface area contributed by atoms with Gasteiger partial charge in [0.15, 0.2) is 0 Å². The van der Waals surface area contributed by atoms with Crippen molar-refractivity contribution in [3.63, 3.8) is 0 Å². The Kier molecular flexibility index (Phi) is 8.33. The highest BCUT2D eigenvalue weighted by Gasteiger charge is 2.31. The highest BCUT2D eigenvalue weighted by molar-refractivity contribution is 7.99. The zero-order valence-corrected chi connectivity index (χ0v) is 18.7. The Morgan fingerprint density at radius 1 is 1.11 bits per heavy atom. The van der Waals surface area contributed by atoms with Crippen molar-refractivity contribution in [2.24, 2.45) is 0 Å². The normalized spacial score (nSPS) is 12.6. The Morgan fingerprint density at radius 3 is 2.32 bits per heavy atom. The molecule has 28 heavy (non-hydrogen) atoms. The highest BCUT2D eigenvalue weighted by Crippen LogP contribution is 2.35. The van der Waals surface area contributed by atoms with Crippen molar-refractivity contribution >= 4 is 68.2 Å². The SMILES string of the molecule is C[C@H](CCSCC(=O)O)N(c1cc(Cl)ccc1Cl)S(=O)(=O)c1ccc(Cl)cc1. The topological polar surface area (TPSA) is 74.7 Å². The molecule has 0 radical (unpaired) electrons. The molecule has 1 N–H and O–H groups in total. The van der Waals surface area contributed by atoms with Gasteiger partial charge >= 0.3 is 5.97 Å². The summed E-state index contributed by atoms with van der Waals surface area (Å²) in [6.45, 7) is 1.74. The first-order valence-corrected chi connectivity index (χ1v) is 11.9. The summed E-state index contributed by atoms with van der Waals surface area (Å²) in [6, 6.07) is 9.98. The number of carbonyl (C=O) groups is 1. The minimum Gasteiger partial charge on any atom is -0.481 e. The first-order valence-electron chi connectivity index (χ1n) is 8.17. The Morgan fingerprint density at radius 2 is 1.71 bits per heavy atom. The van der Waals surface area contributed by atoms with Crippen LogP contribution < -0.4 is 4.31 Å². The summed E-state index contributed by atoms with van der Waals surface area (Å²) in [5, 5.41) is 9.78. The van der Waals surface area contributed by atoms with Crippen LogP contribution in [0, 0.1) is 0 Å². The maximum absolute atomic E-state index is 13.4. The number of nitrogens with zero attached hydrogens (tertiary/aromatic N) is 1. The van der Waals surface area contributed by atoms with Crippen LogP contribution in [0.15, 0.2) is 47.4 Å². The van der Waals surface area contributed by atoms with E-state index in [0.717, 1.165) is 0 Å². The lowest BCUT2D eigenvalue weighted by Crippen LogP contribution is -2.39. The van der Waals surface area contributed by atoms with E-state index in [1.54, 1.807) is 13.0 Å². The van der Waals surface area contributed by atoms with Crippen LogP contribution in [0.25, 0.3) is 0 Å². The van der Waals surface area contributed by atoms with Crippen LogP contribution >= 0.6 is 46.6 Å². The molecule has 0 amide bonds. The molecule has 2 aromatic carbocycles. The van der Waals surface area contributed by atoms with Crippen molar-refractivity contribution < 1.29 is 18.3 Å². The number of aliphatic carboxylic acids is 1. The van der Waals surface area contributed by atoms with Crippen LogP contribution in [0.4, 0.5) is 5.69 Å². The lowest BCUT2D eigenvalue weighted by atomic mass is 10.2. The van der Waals surface area contributed by atoms with E-state index < -0.39 is 22.0 Å². The number of halogens is 3. The molecule has 0 spiro atoms. The highest BCUT2D eigenvalue weighted by atomic mass is 35.5. The summed E-state index contributed by atoms with van der Waals surface area (Å²) in [5.41, 5.74) is 0.264. The second-order valence-electron chi connectivity index (χ2n) is 5.93. The van der Waals surface area contributed by atoms with Gasteiger partial charge in [0.1, 0.15) is 0 Å². The monoisotopic (exact) mass is 481 g/mol. The molecular formula is C18H18Cl3NO4S2. The number of benzene rings is 2. The first-order chi connectivity index (χ1) is 13.1. The maximum Gasteiger partial charge on any atom is 0.313 e. The summed E-state index contributed by atoms with van der Waals surface area (Å²) in [5.74, 6) is -0.492. The lowest BCUT2D eigenvalue weighted by Gasteiger charge is -2.31. The summed E-state index contributed by atoms with van der Waals surface area (Å²) in [4.78, 5) is 10.8. The maximum atomic E-state index is 13.4. The average molecular weight is 483 g/mol. The molecule has 152 valence electrons. The van der Waals surface area contributed by atoms with Gasteiger partial charge in [-0.2, -0.15) is 11.8 Å². The molecule has 0 aliphatic heterocycles. The number of anilines is 1. The molecule has 0 saturated heterocycles. The van der Waals surface area contributed by atoms with Crippen molar-refractivity contribution in [3.05, 3.63) is 57.5 Å². The first kappa shape index (κ1) is 23.2. The molecule has 5 nitrogen and oxygen atoms in total. The molecule has 0 aromatic heterocycles. The predicted molar refractivity (Wildman–Crippen MR) is 117 cm³/mol. The van der Waals surface area contributed by atoms with Gasteiger partial charge in [-0.25, -0.2) is 8.42 Å². The molecule has 0 aliphatic rings. The third-order valence-electron chi connectivity index (χ3n) is 3.82. The number of sulfonamides is 1. The smallest absolute Gasteiger partial charge is 0.313 e. The molecule has 1 atom stereocenters. The summed E-state index contributed by atoms with van der Waals surface area (Å²) in [6.07, 6.45) is 0.424. The van der Waals surface area contributed by atoms with Gasteiger partial charge in [-0.3, -0.25) is 9.10 Å². The van der Waals surface area contributed by atoms with Gasteiger partial charge in [0.2, 0.25) is 0 Å². The number of rotatable bonds is 9. The van der Waals surface area contributed by atoms with Gasteiger partial charge in [0.05, 0.1) is 21.4 Å². The van der Waals surface area contributed by atoms with Gasteiger partial charge < -0.3 is 5.11 Å². The molecule has 0 saturated carbocycles. The summed E-state index contributed by atoms with van der Waals surface area (Å²) >= 11 is 19.5. The van der Waals surface area contributed by atoms with E-state index in [0.29, 0.717) is 22.2 Å². The van der Waals surface area contributed by atoms with Crippen molar-refractivity contribution in [1.29, 1.82) is 0 Å². The molecule has 0 fully saturated rings. The van der Waals surface area contributed by atoms with Crippen molar-refractivity contribution in [2.45, 2.75) is 24.3 Å². The van der Waals surface area contributed by atoms with Crippen LogP contribution in [0.1, 0.15) is 13.3 Å². The van der Waals surface area contributed by atoms with Crippen LogP contribution in [0.3, 0.4) is 0 Å². The Bertz CT molecular complexity index is 936. The second-order valence-corrected chi connectivity index (χ2v) is 10.1. The van der Waals surface area contributed by atoms with E-state index >= 15 is 0 Å². The predicted octanol–water partition coefficient (Wildman–Crippen LogP) is 5.44. The van der Waals surface area contributed by atoms with Gasteiger partial charge in [0, 0.05) is 16.1 Å². The number of carboxylic acids is 1. The van der Waals surface area contributed by atoms with Gasteiger partial charge in [-0.05, 0) is 61.6 Å². The lowest BCUT2D eigenvalue weighted by molar-refractivity contribution is -0.133. The molecular weight excluding hydrogens is 465 g/mol. The van der Waals surface area contributed by atoms with Gasteiger partial charge in [-0.1, -0.05) is 34.8 Å². The largest absolute Gasteiger partial charge is 0.481 e. The van der Waals surface area contributed by atoms with E-state index in [9.17, 15) is 13.2 Å². The Labute approximate surface area is 183 Å². The minimum atomic E-state index is -3.96. The number of thioether (sulfide) groups is 1. The van der Waals surface area contributed by atoms with E-state index in [1.807, 2.05) is 0 Å². The van der Waals surface area contributed by atoms with Crippen LogP contribution in [-0.4, -0.2) is 37.0 Å². The van der Waals surface area contributed by atoms with Crippen molar-refractivity contribution in [1.82, 2.24) is 0 Å². The third-order valence-corrected chi connectivity index (χ3v) is 7.55. The fraction of sp³-hybridized carbons (Fsp3) is 0.278. The quantitative estimate of drug-likeness (QED) is 0.482. The Hall–Kier alpha value is -1.12. The fourth-order valence-corrected chi connectivity index (χ4v) is 5.58.